The number of benzene rings is 2. The van der Waals surface area contributed by atoms with Crippen molar-refractivity contribution in [2.75, 3.05) is 39.8 Å². The third kappa shape index (κ3) is 11.0. The summed E-state index contributed by atoms with van der Waals surface area (Å²) >= 11 is 0. The molecular weight excluding hydrogens is 597 g/mol. The third-order valence-electron chi connectivity index (χ3n) is 8.37. The predicted octanol–water partition coefficient (Wildman–Crippen LogP) is 3.16. The van der Waals surface area contributed by atoms with Crippen LogP contribution in [-0.4, -0.2) is 78.8 Å². The average molecular weight is 644 g/mol. The van der Waals surface area contributed by atoms with E-state index in [1.165, 1.54) is 12.1 Å². The summed E-state index contributed by atoms with van der Waals surface area (Å²) in [5.41, 5.74) is 18.7. The number of alkyl halides is 3. The lowest BCUT2D eigenvalue weighted by atomic mass is 9.94. The highest BCUT2D eigenvalue weighted by molar-refractivity contribution is 5.94. The van der Waals surface area contributed by atoms with Gasteiger partial charge in [0.25, 0.3) is 0 Å². The zero-order valence-corrected chi connectivity index (χ0v) is 26.6. The number of carbonyl (C=O) groups excluding carboxylic acids is 3. The summed E-state index contributed by atoms with van der Waals surface area (Å²) in [6.07, 6.45) is -1.95. The van der Waals surface area contributed by atoms with Crippen LogP contribution in [0.15, 0.2) is 60.8 Å². The largest absolute Gasteiger partial charge is 0.416 e. The number of ketones is 2. The number of aromatic nitrogens is 1. The second-order valence-electron chi connectivity index (χ2n) is 12.3. The van der Waals surface area contributed by atoms with Crippen LogP contribution in [0.4, 0.5) is 13.2 Å². The summed E-state index contributed by atoms with van der Waals surface area (Å²) in [7, 11) is 2.07. The fourth-order valence-electron chi connectivity index (χ4n) is 5.52. The van der Waals surface area contributed by atoms with Crippen molar-refractivity contribution in [2.24, 2.45) is 23.1 Å². The lowest BCUT2D eigenvalue weighted by molar-refractivity contribution is -0.907. The van der Waals surface area contributed by atoms with Gasteiger partial charge in [0.1, 0.15) is 5.78 Å². The first-order chi connectivity index (χ1) is 21.7. The normalized spacial score (nSPS) is 14.1. The minimum Gasteiger partial charge on any atom is -0.346 e. The highest BCUT2D eigenvalue weighted by Gasteiger charge is 2.31. The molecule has 0 unspecified atom stereocenters. The molecule has 3 rings (SSSR count). The molecule has 0 aliphatic heterocycles. The summed E-state index contributed by atoms with van der Waals surface area (Å²) in [6.45, 7) is 4.93. The van der Waals surface area contributed by atoms with E-state index >= 15 is 0 Å². The molecule has 0 radical (unpaired) electrons. The zero-order chi connectivity index (χ0) is 33.9. The SMILES string of the molecule is C[C@@H](CC(=O)[C@@H](N)CCC[N+](C)(CCN)CCN)C(=O)N[C@@H](Cc1ccc(C(F)(F)F)cc1)C(=O)Cc1cnc2ccccc2c1. The van der Waals surface area contributed by atoms with Crippen LogP contribution >= 0.6 is 0 Å². The Morgan fingerprint density at radius 3 is 2.22 bits per heavy atom. The third-order valence-corrected chi connectivity index (χ3v) is 8.37. The fraction of sp³-hybridized carbons (Fsp3) is 0.471. The molecule has 3 atom stereocenters. The molecule has 2 aromatic carbocycles. The van der Waals surface area contributed by atoms with E-state index in [0.29, 0.717) is 41.5 Å². The molecule has 0 aliphatic carbocycles. The molecule has 0 fully saturated rings. The van der Waals surface area contributed by atoms with Crippen LogP contribution in [0.3, 0.4) is 0 Å². The van der Waals surface area contributed by atoms with E-state index in [1.807, 2.05) is 30.3 Å². The van der Waals surface area contributed by atoms with Crippen molar-refractivity contribution in [3.05, 3.63) is 77.5 Å². The molecular formula is C34H46F3N6O3+. The highest BCUT2D eigenvalue weighted by atomic mass is 19.4. The molecule has 1 heterocycles. The maximum Gasteiger partial charge on any atom is 0.416 e. The van der Waals surface area contributed by atoms with Crippen molar-refractivity contribution in [2.45, 2.75) is 57.3 Å². The number of nitrogens with zero attached hydrogens (tertiary/aromatic N) is 2. The minimum absolute atomic E-state index is 0.0213. The van der Waals surface area contributed by atoms with Crippen molar-refractivity contribution < 1.29 is 32.0 Å². The van der Waals surface area contributed by atoms with E-state index in [4.69, 9.17) is 17.2 Å². The first-order valence-electron chi connectivity index (χ1n) is 15.6. The summed E-state index contributed by atoms with van der Waals surface area (Å²) in [5.74, 6) is -1.89. The maximum atomic E-state index is 13.5. The average Bonchev–Trinajstić information content (AvgIpc) is 3.00. The Balaban J connectivity index is 1.67. The molecule has 250 valence electrons. The number of nitrogens with one attached hydrogen (secondary N) is 1. The number of hydrogen-bond acceptors (Lipinski definition) is 7. The number of nitrogens with two attached hydrogens (primary N) is 3. The molecule has 46 heavy (non-hydrogen) atoms. The van der Waals surface area contributed by atoms with E-state index in [-0.39, 0.29) is 30.8 Å². The Morgan fingerprint density at radius 2 is 1.59 bits per heavy atom. The monoisotopic (exact) mass is 643 g/mol. The topological polar surface area (TPSA) is 154 Å². The number of amides is 1. The number of Topliss-reactive ketones (excluding diaryl/α,β-unsaturated/α-hetero) is 2. The lowest BCUT2D eigenvalue weighted by Gasteiger charge is -2.34. The number of halogens is 3. The first kappa shape index (κ1) is 36.8. The second-order valence-corrected chi connectivity index (χ2v) is 12.3. The predicted molar refractivity (Wildman–Crippen MR) is 172 cm³/mol. The minimum atomic E-state index is -4.50. The van der Waals surface area contributed by atoms with Crippen LogP contribution in [0.5, 0.6) is 0 Å². The van der Waals surface area contributed by atoms with E-state index in [9.17, 15) is 27.6 Å². The van der Waals surface area contributed by atoms with Crippen molar-refractivity contribution >= 4 is 28.4 Å². The standard InChI is InChI=1S/C34H45F3N6O3/c1-23(18-31(44)28(40)7-5-15-43(2,16-13-38)17-14-39)33(46)42-30(20-24-9-11-27(12-10-24)34(35,36)37)32(45)21-25-19-26-6-3-4-8-29(26)41-22-25/h3-4,6,8-12,19,22-23,28,30H,5,7,13-18,20-21,38-40H2,1-2H3/p+1/t23-,28-,30-/m0/s1. The number of quaternary nitrogens is 1. The van der Waals surface area contributed by atoms with Gasteiger partial charge in [-0.3, -0.25) is 19.4 Å². The van der Waals surface area contributed by atoms with Crippen molar-refractivity contribution in [1.82, 2.24) is 10.3 Å². The van der Waals surface area contributed by atoms with Crippen LogP contribution in [0.25, 0.3) is 10.9 Å². The summed E-state index contributed by atoms with van der Waals surface area (Å²) < 4.78 is 40.0. The molecule has 0 saturated carbocycles. The Labute approximate surface area is 268 Å². The van der Waals surface area contributed by atoms with Gasteiger partial charge in [0.15, 0.2) is 5.78 Å². The molecule has 0 saturated heterocycles. The Kier molecular flexibility index (Phi) is 13.4. The molecule has 12 heteroatoms. The number of carbonyl (C=O) groups is 3. The van der Waals surface area contributed by atoms with Gasteiger partial charge in [0, 0.05) is 43.4 Å². The van der Waals surface area contributed by atoms with Gasteiger partial charge in [-0.05, 0) is 54.7 Å². The van der Waals surface area contributed by atoms with Crippen LogP contribution < -0.4 is 22.5 Å². The molecule has 0 aliphatic rings. The number of fused-ring (bicyclic) bond motifs is 1. The molecule has 1 aromatic heterocycles. The number of rotatable bonds is 18. The van der Waals surface area contributed by atoms with Crippen molar-refractivity contribution in [3.63, 3.8) is 0 Å². The van der Waals surface area contributed by atoms with Crippen LogP contribution in [0.1, 0.15) is 42.9 Å². The summed E-state index contributed by atoms with van der Waals surface area (Å²) in [6, 6.07) is 12.0. The zero-order valence-electron chi connectivity index (χ0n) is 26.6. The van der Waals surface area contributed by atoms with E-state index < -0.39 is 35.6 Å². The van der Waals surface area contributed by atoms with Gasteiger partial charge in [-0.2, -0.15) is 13.2 Å². The fourth-order valence-corrected chi connectivity index (χ4v) is 5.52. The van der Waals surface area contributed by atoms with Crippen molar-refractivity contribution in [1.29, 1.82) is 0 Å². The number of hydrogen-bond donors (Lipinski definition) is 4. The summed E-state index contributed by atoms with van der Waals surface area (Å²) in [4.78, 5) is 44.1. The quantitative estimate of drug-likeness (QED) is 0.155. The van der Waals surface area contributed by atoms with Gasteiger partial charge in [0.05, 0.1) is 49.8 Å². The maximum absolute atomic E-state index is 13.5. The molecule has 3 aromatic rings. The van der Waals surface area contributed by atoms with Gasteiger partial charge in [0.2, 0.25) is 5.91 Å². The molecule has 9 nitrogen and oxygen atoms in total. The molecule has 0 spiro atoms. The molecule has 7 N–H and O–H groups in total. The van der Waals surface area contributed by atoms with Gasteiger partial charge in [-0.25, -0.2) is 0 Å². The molecule has 0 bridgehead atoms. The Morgan fingerprint density at radius 1 is 0.935 bits per heavy atom. The summed E-state index contributed by atoms with van der Waals surface area (Å²) in [5, 5.41) is 3.60. The Bertz CT molecular complexity index is 1460. The lowest BCUT2D eigenvalue weighted by Crippen LogP contribution is -2.51. The highest BCUT2D eigenvalue weighted by Crippen LogP contribution is 2.29. The first-order valence-corrected chi connectivity index (χ1v) is 15.6. The van der Waals surface area contributed by atoms with Crippen LogP contribution in [0.2, 0.25) is 0 Å². The van der Waals surface area contributed by atoms with E-state index in [1.54, 1.807) is 13.1 Å². The second kappa shape index (κ2) is 16.7. The van der Waals surface area contributed by atoms with Gasteiger partial charge < -0.3 is 27.0 Å². The molecule has 1 amide bonds. The number of likely N-dealkylation sites (N-methyl/N-ethyl adjacent to an activating group) is 1. The number of pyridine rings is 1. The smallest absolute Gasteiger partial charge is 0.346 e. The van der Waals surface area contributed by atoms with E-state index in [2.05, 4.69) is 17.3 Å². The Hall–Kier alpha value is -3.71. The van der Waals surface area contributed by atoms with Gasteiger partial charge in [-0.15, -0.1) is 0 Å². The number of para-hydroxylation sites is 1. The van der Waals surface area contributed by atoms with Crippen LogP contribution in [0, 0.1) is 5.92 Å². The van der Waals surface area contributed by atoms with Gasteiger partial charge in [-0.1, -0.05) is 37.3 Å². The van der Waals surface area contributed by atoms with Crippen LogP contribution in [-0.2, 0) is 33.4 Å². The van der Waals surface area contributed by atoms with Gasteiger partial charge >= 0.3 is 6.18 Å². The van der Waals surface area contributed by atoms with E-state index in [0.717, 1.165) is 42.7 Å². The van der Waals surface area contributed by atoms with Crippen molar-refractivity contribution in [3.8, 4) is 0 Å².